The van der Waals surface area contributed by atoms with E-state index in [0.29, 0.717) is 25.3 Å². The molecule has 0 saturated carbocycles. The Morgan fingerprint density at radius 1 is 1.57 bits per heavy atom. The zero-order valence-electron chi connectivity index (χ0n) is 11.7. The second-order valence-corrected chi connectivity index (χ2v) is 4.77. The molecule has 0 spiro atoms. The number of hydrogen-bond donors (Lipinski definition) is 2. The SMILES string of the molecule is Cc1ccc(OC(F)F)c(CNC(=O)C2CNCCO2)c1. The molecule has 1 fully saturated rings. The van der Waals surface area contributed by atoms with E-state index in [-0.39, 0.29) is 18.2 Å². The van der Waals surface area contributed by atoms with Crippen LogP contribution in [0.2, 0.25) is 0 Å². The maximum absolute atomic E-state index is 12.4. The lowest BCUT2D eigenvalue weighted by Crippen LogP contribution is -2.47. The Balaban J connectivity index is 1.97. The first kappa shape index (κ1) is 15.7. The minimum atomic E-state index is -2.90. The largest absolute Gasteiger partial charge is 0.434 e. The fourth-order valence-corrected chi connectivity index (χ4v) is 2.09. The molecule has 1 atom stereocenters. The van der Waals surface area contributed by atoms with Crippen molar-refractivity contribution in [3.05, 3.63) is 29.3 Å². The molecule has 2 rings (SSSR count). The first-order valence-corrected chi connectivity index (χ1v) is 6.70. The van der Waals surface area contributed by atoms with Crippen LogP contribution in [0.25, 0.3) is 0 Å². The van der Waals surface area contributed by atoms with Gasteiger partial charge in [0.1, 0.15) is 11.9 Å². The van der Waals surface area contributed by atoms with Gasteiger partial charge in [0.25, 0.3) is 5.91 Å². The normalized spacial score (nSPS) is 18.6. The van der Waals surface area contributed by atoms with Crippen LogP contribution in [-0.4, -0.2) is 38.3 Å². The molecule has 5 nitrogen and oxygen atoms in total. The van der Waals surface area contributed by atoms with E-state index in [1.165, 1.54) is 6.07 Å². The van der Waals surface area contributed by atoms with Gasteiger partial charge in [0.2, 0.25) is 0 Å². The van der Waals surface area contributed by atoms with Gasteiger partial charge < -0.3 is 20.1 Å². The summed E-state index contributed by atoms with van der Waals surface area (Å²) in [6.07, 6.45) is -0.553. The van der Waals surface area contributed by atoms with Gasteiger partial charge in [-0.2, -0.15) is 8.78 Å². The number of aryl methyl sites for hydroxylation is 1. The Labute approximate surface area is 121 Å². The van der Waals surface area contributed by atoms with E-state index < -0.39 is 12.7 Å². The molecule has 116 valence electrons. The van der Waals surface area contributed by atoms with Gasteiger partial charge in [-0.3, -0.25) is 4.79 Å². The van der Waals surface area contributed by atoms with Crippen molar-refractivity contribution in [2.45, 2.75) is 26.2 Å². The van der Waals surface area contributed by atoms with E-state index in [4.69, 9.17) is 4.74 Å². The van der Waals surface area contributed by atoms with Crippen molar-refractivity contribution in [1.29, 1.82) is 0 Å². The van der Waals surface area contributed by atoms with Gasteiger partial charge in [-0.15, -0.1) is 0 Å². The van der Waals surface area contributed by atoms with Gasteiger partial charge in [-0.25, -0.2) is 0 Å². The fraction of sp³-hybridized carbons (Fsp3) is 0.500. The lowest BCUT2D eigenvalue weighted by Gasteiger charge is -2.23. The third kappa shape index (κ3) is 4.64. The van der Waals surface area contributed by atoms with Crippen LogP contribution < -0.4 is 15.4 Å². The molecule has 1 aliphatic heterocycles. The van der Waals surface area contributed by atoms with Gasteiger partial charge >= 0.3 is 6.61 Å². The lowest BCUT2D eigenvalue weighted by atomic mass is 10.1. The molecule has 1 aromatic rings. The van der Waals surface area contributed by atoms with Crippen LogP contribution in [0.3, 0.4) is 0 Å². The summed E-state index contributed by atoms with van der Waals surface area (Å²) in [5.74, 6) is -0.203. The quantitative estimate of drug-likeness (QED) is 0.858. The summed E-state index contributed by atoms with van der Waals surface area (Å²) >= 11 is 0. The number of carbonyl (C=O) groups excluding carboxylic acids is 1. The monoisotopic (exact) mass is 300 g/mol. The summed E-state index contributed by atoms with van der Waals surface area (Å²) in [6.45, 7) is 0.692. The number of alkyl halides is 2. The van der Waals surface area contributed by atoms with Crippen LogP contribution in [0.4, 0.5) is 8.78 Å². The van der Waals surface area contributed by atoms with Crippen LogP contribution in [0.5, 0.6) is 5.75 Å². The first-order chi connectivity index (χ1) is 10.1. The molecule has 1 unspecified atom stereocenters. The van der Waals surface area contributed by atoms with Crippen LogP contribution >= 0.6 is 0 Å². The van der Waals surface area contributed by atoms with E-state index in [1.54, 1.807) is 12.1 Å². The number of hydrogen-bond acceptors (Lipinski definition) is 4. The average molecular weight is 300 g/mol. The minimum absolute atomic E-state index is 0.0681. The van der Waals surface area contributed by atoms with E-state index in [0.717, 1.165) is 5.56 Å². The molecule has 1 aromatic carbocycles. The predicted octanol–water partition coefficient (Wildman–Crippen LogP) is 1.20. The number of halogens is 2. The highest BCUT2D eigenvalue weighted by Gasteiger charge is 2.21. The van der Waals surface area contributed by atoms with Crippen LogP contribution in [0, 0.1) is 6.92 Å². The summed E-state index contributed by atoms with van der Waals surface area (Å²) in [7, 11) is 0. The molecule has 0 radical (unpaired) electrons. The Kier molecular flexibility index (Phi) is 5.46. The number of amides is 1. The maximum atomic E-state index is 12.4. The molecular formula is C14H18F2N2O3. The first-order valence-electron chi connectivity index (χ1n) is 6.70. The zero-order chi connectivity index (χ0) is 15.2. The van der Waals surface area contributed by atoms with Crippen molar-refractivity contribution < 1.29 is 23.0 Å². The molecule has 1 aliphatic rings. The third-order valence-electron chi connectivity index (χ3n) is 3.11. The minimum Gasteiger partial charge on any atom is -0.434 e. The molecule has 2 N–H and O–H groups in total. The van der Waals surface area contributed by atoms with Crippen LogP contribution in [0.15, 0.2) is 18.2 Å². The standard InChI is InChI=1S/C14H18F2N2O3/c1-9-2-3-11(21-14(15)16)10(6-9)7-18-13(19)12-8-17-4-5-20-12/h2-3,6,12,14,17H,4-5,7-8H2,1H3,(H,18,19). The Bertz CT molecular complexity index is 491. The van der Waals surface area contributed by atoms with Crippen molar-refractivity contribution in [2.24, 2.45) is 0 Å². The molecule has 21 heavy (non-hydrogen) atoms. The number of rotatable bonds is 5. The number of benzene rings is 1. The highest BCUT2D eigenvalue weighted by Crippen LogP contribution is 2.22. The summed E-state index contributed by atoms with van der Waals surface area (Å²) in [6, 6.07) is 4.86. The van der Waals surface area contributed by atoms with Crippen molar-refractivity contribution in [3.8, 4) is 5.75 Å². The Morgan fingerprint density at radius 2 is 2.38 bits per heavy atom. The summed E-state index contributed by atoms with van der Waals surface area (Å²) < 4.78 is 34.5. The Hall–Kier alpha value is -1.73. The second-order valence-electron chi connectivity index (χ2n) is 4.77. The zero-order valence-corrected chi connectivity index (χ0v) is 11.7. The van der Waals surface area contributed by atoms with Crippen molar-refractivity contribution in [3.63, 3.8) is 0 Å². The molecule has 1 saturated heterocycles. The topological polar surface area (TPSA) is 59.6 Å². The van der Waals surface area contributed by atoms with Crippen molar-refractivity contribution in [1.82, 2.24) is 10.6 Å². The number of nitrogens with one attached hydrogen (secondary N) is 2. The van der Waals surface area contributed by atoms with E-state index >= 15 is 0 Å². The second kappa shape index (κ2) is 7.33. The molecule has 1 heterocycles. The molecule has 7 heteroatoms. The molecule has 1 amide bonds. The summed E-state index contributed by atoms with van der Waals surface area (Å²) in [5.41, 5.74) is 1.41. The average Bonchev–Trinajstić information content (AvgIpc) is 2.47. The number of ether oxygens (including phenoxy) is 2. The van der Waals surface area contributed by atoms with Gasteiger partial charge in [0, 0.05) is 25.2 Å². The molecule has 0 aliphatic carbocycles. The highest BCUT2D eigenvalue weighted by atomic mass is 19.3. The lowest BCUT2D eigenvalue weighted by molar-refractivity contribution is -0.134. The molecular weight excluding hydrogens is 282 g/mol. The number of morpholine rings is 1. The Morgan fingerprint density at radius 3 is 3.05 bits per heavy atom. The predicted molar refractivity (Wildman–Crippen MR) is 72.3 cm³/mol. The third-order valence-corrected chi connectivity index (χ3v) is 3.11. The smallest absolute Gasteiger partial charge is 0.387 e. The highest BCUT2D eigenvalue weighted by molar-refractivity contribution is 5.81. The van der Waals surface area contributed by atoms with Crippen molar-refractivity contribution >= 4 is 5.91 Å². The maximum Gasteiger partial charge on any atom is 0.387 e. The summed E-state index contributed by atoms with van der Waals surface area (Å²) in [5, 5.41) is 5.73. The van der Waals surface area contributed by atoms with Gasteiger partial charge in [-0.1, -0.05) is 17.7 Å². The van der Waals surface area contributed by atoms with Gasteiger partial charge in [0.05, 0.1) is 6.61 Å². The van der Waals surface area contributed by atoms with Gasteiger partial charge in [-0.05, 0) is 13.0 Å². The fourth-order valence-electron chi connectivity index (χ4n) is 2.09. The van der Waals surface area contributed by atoms with E-state index in [1.807, 2.05) is 6.92 Å². The van der Waals surface area contributed by atoms with Crippen LogP contribution in [-0.2, 0) is 16.1 Å². The molecule has 0 bridgehead atoms. The van der Waals surface area contributed by atoms with Gasteiger partial charge in [0.15, 0.2) is 0 Å². The van der Waals surface area contributed by atoms with Crippen molar-refractivity contribution in [2.75, 3.05) is 19.7 Å². The van der Waals surface area contributed by atoms with E-state index in [2.05, 4.69) is 15.4 Å². The van der Waals surface area contributed by atoms with E-state index in [9.17, 15) is 13.6 Å². The summed E-state index contributed by atoms with van der Waals surface area (Å²) in [4.78, 5) is 11.9. The molecule has 0 aromatic heterocycles. The van der Waals surface area contributed by atoms with Crippen LogP contribution in [0.1, 0.15) is 11.1 Å². The number of carbonyl (C=O) groups is 1.